The van der Waals surface area contributed by atoms with Crippen LogP contribution in [0.25, 0.3) is 0 Å². The lowest BCUT2D eigenvalue weighted by Crippen LogP contribution is -2.30. The van der Waals surface area contributed by atoms with Crippen LogP contribution in [0.4, 0.5) is 0 Å². The van der Waals surface area contributed by atoms with E-state index in [1.165, 1.54) is 20.8 Å². The molecule has 0 unspecified atom stereocenters. The van der Waals surface area contributed by atoms with Gasteiger partial charge in [-0.1, -0.05) is 6.58 Å². The third kappa shape index (κ3) is 8.01. The SMILES string of the molecule is C=C(C)C(=O)OC(COC(C)=O)COC(C)=O. The zero-order valence-electron chi connectivity index (χ0n) is 10.1. The minimum Gasteiger partial charge on any atom is -0.462 e. The van der Waals surface area contributed by atoms with Gasteiger partial charge < -0.3 is 14.2 Å². The van der Waals surface area contributed by atoms with Crippen molar-refractivity contribution >= 4 is 17.9 Å². The molecule has 0 spiro atoms. The predicted molar refractivity (Wildman–Crippen MR) is 58.0 cm³/mol. The predicted octanol–water partition coefficient (Wildman–Crippen LogP) is 0.600. The molecule has 0 rings (SSSR count). The van der Waals surface area contributed by atoms with E-state index in [9.17, 15) is 14.4 Å². The van der Waals surface area contributed by atoms with Crippen LogP contribution in [0.15, 0.2) is 12.2 Å². The molecule has 0 radical (unpaired) electrons. The highest BCUT2D eigenvalue weighted by molar-refractivity contribution is 5.87. The summed E-state index contributed by atoms with van der Waals surface area (Å²) in [6.45, 7) is 7.01. The van der Waals surface area contributed by atoms with Gasteiger partial charge in [-0.3, -0.25) is 9.59 Å². The van der Waals surface area contributed by atoms with Gasteiger partial charge in [-0.05, 0) is 6.92 Å². The van der Waals surface area contributed by atoms with E-state index in [0.29, 0.717) is 0 Å². The van der Waals surface area contributed by atoms with E-state index in [2.05, 4.69) is 16.1 Å². The van der Waals surface area contributed by atoms with Crippen LogP contribution in [0.2, 0.25) is 0 Å². The molecule has 0 saturated carbocycles. The van der Waals surface area contributed by atoms with E-state index in [0.717, 1.165) is 0 Å². The molecule has 0 aromatic carbocycles. The van der Waals surface area contributed by atoms with E-state index < -0.39 is 24.0 Å². The maximum atomic E-state index is 11.2. The molecule has 0 saturated heterocycles. The van der Waals surface area contributed by atoms with Gasteiger partial charge in [0.15, 0.2) is 6.10 Å². The van der Waals surface area contributed by atoms with Gasteiger partial charge in [0.25, 0.3) is 0 Å². The lowest BCUT2D eigenvalue weighted by atomic mass is 10.3. The fourth-order valence-electron chi connectivity index (χ4n) is 0.789. The largest absolute Gasteiger partial charge is 0.462 e. The number of hydrogen-bond acceptors (Lipinski definition) is 6. The summed E-state index contributed by atoms with van der Waals surface area (Å²) in [5.41, 5.74) is 0.209. The molecule has 6 heteroatoms. The van der Waals surface area contributed by atoms with E-state index in [-0.39, 0.29) is 18.8 Å². The monoisotopic (exact) mass is 244 g/mol. The molecule has 0 aliphatic carbocycles. The Bertz CT molecular complexity index is 302. The lowest BCUT2D eigenvalue weighted by Gasteiger charge is -2.17. The van der Waals surface area contributed by atoms with Crippen LogP contribution in [-0.2, 0) is 28.6 Å². The average Bonchev–Trinajstić information content (AvgIpc) is 2.21. The maximum absolute atomic E-state index is 11.2. The molecule has 0 atom stereocenters. The normalized spacial score (nSPS) is 9.65. The molecule has 0 amide bonds. The molecule has 0 aliphatic rings. The van der Waals surface area contributed by atoms with Gasteiger partial charge in [0.05, 0.1) is 0 Å². The Hall–Kier alpha value is -1.85. The van der Waals surface area contributed by atoms with Crippen molar-refractivity contribution in [2.24, 2.45) is 0 Å². The molecule has 0 N–H and O–H groups in total. The number of carbonyl (C=O) groups excluding carboxylic acids is 3. The summed E-state index contributed by atoms with van der Waals surface area (Å²) in [6, 6.07) is 0. The van der Waals surface area contributed by atoms with Crippen molar-refractivity contribution in [2.75, 3.05) is 13.2 Å². The van der Waals surface area contributed by atoms with Crippen LogP contribution in [0.5, 0.6) is 0 Å². The highest BCUT2D eigenvalue weighted by Gasteiger charge is 2.18. The van der Waals surface area contributed by atoms with Crippen LogP contribution >= 0.6 is 0 Å². The maximum Gasteiger partial charge on any atom is 0.333 e. The highest BCUT2D eigenvalue weighted by atomic mass is 16.6. The van der Waals surface area contributed by atoms with Gasteiger partial charge >= 0.3 is 17.9 Å². The van der Waals surface area contributed by atoms with Gasteiger partial charge in [0, 0.05) is 19.4 Å². The minimum absolute atomic E-state index is 0.165. The van der Waals surface area contributed by atoms with Gasteiger partial charge in [-0.2, -0.15) is 0 Å². The Labute approximate surface area is 99.5 Å². The van der Waals surface area contributed by atoms with Crippen molar-refractivity contribution in [2.45, 2.75) is 26.9 Å². The summed E-state index contributed by atoms with van der Waals surface area (Å²) in [5, 5.41) is 0. The lowest BCUT2D eigenvalue weighted by molar-refractivity contribution is -0.162. The summed E-state index contributed by atoms with van der Waals surface area (Å²) in [4.78, 5) is 32.5. The third-order valence-corrected chi connectivity index (χ3v) is 1.57. The van der Waals surface area contributed by atoms with E-state index >= 15 is 0 Å². The zero-order chi connectivity index (χ0) is 13.4. The average molecular weight is 244 g/mol. The first-order chi connectivity index (χ1) is 7.82. The Morgan fingerprint density at radius 3 is 1.71 bits per heavy atom. The standard InChI is InChI=1S/C11H16O6/c1-7(2)11(14)17-10(5-15-8(3)12)6-16-9(4)13/h10H,1,5-6H2,2-4H3. The quantitative estimate of drug-likeness (QED) is 0.387. The fourth-order valence-corrected chi connectivity index (χ4v) is 0.789. The van der Waals surface area contributed by atoms with E-state index in [1.54, 1.807) is 0 Å². The number of ether oxygens (including phenoxy) is 3. The summed E-state index contributed by atoms with van der Waals surface area (Å²) in [7, 11) is 0. The van der Waals surface area contributed by atoms with Crippen LogP contribution in [0.3, 0.4) is 0 Å². The van der Waals surface area contributed by atoms with Gasteiger partial charge in [-0.25, -0.2) is 4.79 Å². The minimum atomic E-state index is -0.827. The Morgan fingerprint density at radius 2 is 1.41 bits per heavy atom. The summed E-state index contributed by atoms with van der Waals surface area (Å²) < 4.78 is 14.3. The zero-order valence-corrected chi connectivity index (χ0v) is 10.1. The number of rotatable bonds is 6. The molecule has 0 aromatic heterocycles. The Kier molecular flexibility index (Phi) is 6.62. The molecule has 0 heterocycles. The van der Waals surface area contributed by atoms with Gasteiger partial charge in [0.2, 0.25) is 0 Å². The molecule has 96 valence electrons. The Balaban J connectivity index is 4.28. The van der Waals surface area contributed by atoms with Gasteiger partial charge in [-0.15, -0.1) is 0 Å². The van der Waals surface area contributed by atoms with Crippen LogP contribution < -0.4 is 0 Å². The molecule has 0 fully saturated rings. The number of esters is 3. The third-order valence-electron chi connectivity index (χ3n) is 1.57. The van der Waals surface area contributed by atoms with Crippen molar-refractivity contribution in [3.63, 3.8) is 0 Å². The van der Waals surface area contributed by atoms with E-state index in [1.807, 2.05) is 0 Å². The first-order valence-electron chi connectivity index (χ1n) is 4.96. The van der Waals surface area contributed by atoms with Crippen molar-refractivity contribution in [1.29, 1.82) is 0 Å². The van der Waals surface area contributed by atoms with E-state index in [4.69, 9.17) is 4.74 Å². The fraction of sp³-hybridized carbons (Fsp3) is 0.545. The van der Waals surface area contributed by atoms with Crippen molar-refractivity contribution < 1.29 is 28.6 Å². The molecular weight excluding hydrogens is 228 g/mol. The van der Waals surface area contributed by atoms with Crippen LogP contribution in [-0.4, -0.2) is 37.2 Å². The summed E-state index contributed by atoms with van der Waals surface area (Å²) in [6.07, 6.45) is -0.827. The first kappa shape index (κ1) is 15.2. The number of carbonyl (C=O) groups is 3. The summed E-state index contributed by atoms with van der Waals surface area (Å²) >= 11 is 0. The molecule has 17 heavy (non-hydrogen) atoms. The molecule has 0 aromatic rings. The molecule has 0 aliphatic heterocycles. The van der Waals surface area contributed by atoms with Crippen molar-refractivity contribution in [3.05, 3.63) is 12.2 Å². The van der Waals surface area contributed by atoms with Gasteiger partial charge in [0.1, 0.15) is 13.2 Å². The second-order valence-corrected chi connectivity index (χ2v) is 3.41. The molecule has 0 bridgehead atoms. The molecule has 6 nitrogen and oxygen atoms in total. The molecular formula is C11H16O6. The summed E-state index contributed by atoms with van der Waals surface area (Å²) in [5.74, 6) is -1.65. The van der Waals surface area contributed by atoms with Crippen LogP contribution in [0, 0.1) is 0 Å². The highest BCUT2D eigenvalue weighted by Crippen LogP contribution is 2.01. The second-order valence-electron chi connectivity index (χ2n) is 3.41. The topological polar surface area (TPSA) is 78.9 Å². The second kappa shape index (κ2) is 7.43. The van der Waals surface area contributed by atoms with Crippen molar-refractivity contribution in [1.82, 2.24) is 0 Å². The van der Waals surface area contributed by atoms with Crippen molar-refractivity contribution in [3.8, 4) is 0 Å². The smallest absolute Gasteiger partial charge is 0.333 e. The number of hydrogen-bond donors (Lipinski definition) is 0. The first-order valence-corrected chi connectivity index (χ1v) is 4.96. The van der Waals surface area contributed by atoms with Crippen LogP contribution in [0.1, 0.15) is 20.8 Å². The Morgan fingerprint density at radius 1 is 1.00 bits per heavy atom.